The number of ether oxygens (including phenoxy) is 2. The number of hydrogen-bond donors (Lipinski definition) is 1. The Morgan fingerprint density at radius 3 is 2.43 bits per heavy atom. The number of hydrogen-bond acceptors (Lipinski definition) is 6. The van der Waals surface area contributed by atoms with E-state index in [1.165, 1.54) is 17.9 Å². The Kier molecular flexibility index (Phi) is 9.92. The maximum absolute atomic E-state index is 13.8. The third kappa shape index (κ3) is 7.00. The second-order valence-electron chi connectivity index (χ2n) is 8.42. The lowest BCUT2D eigenvalue weighted by atomic mass is 10.1. The molecule has 1 N–H and O–H groups in total. The summed E-state index contributed by atoms with van der Waals surface area (Å²) in [5.41, 5.74) is 0.835. The van der Waals surface area contributed by atoms with Crippen LogP contribution in [-0.4, -0.2) is 56.8 Å². The second-order valence-corrected chi connectivity index (χ2v) is 11.4. The van der Waals surface area contributed by atoms with E-state index in [-0.39, 0.29) is 30.7 Å². The van der Waals surface area contributed by atoms with Crippen molar-refractivity contribution in [3.05, 3.63) is 52.0 Å². The molecule has 12 heteroatoms. The van der Waals surface area contributed by atoms with Gasteiger partial charge in [-0.25, -0.2) is 8.42 Å². The van der Waals surface area contributed by atoms with Crippen molar-refractivity contribution in [1.82, 2.24) is 10.2 Å². The maximum atomic E-state index is 13.8. The van der Waals surface area contributed by atoms with Gasteiger partial charge in [-0.15, -0.1) is 0 Å². The number of nitrogens with zero attached hydrogens (tertiary/aromatic N) is 2. The molecular formula is C25H31Cl2N3O6S. The van der Waals surface area contributed by atoms with E-state index < -0.39 is 28.5 Å². The quantitative estimate of drug-likeness (QED) is 0.409. The molecule has 2 amide bonds. The molecule has 1 aliphatic rings. The monoisotopic (exact) mass is 571 g/mol. The SMILES string of the molecule is CCCNC(=O)[C@@H](CC)N(Cc1ccc(Cl)cc1Cl)C(=O)CN(c1ccc2c(c1)OCO2)S(=O)(=O)CC. The highest BCUT2D eigenvalue weighted by atomic mass is 35.5. The van der Waals surface area contributed by atoms with Gasteiger partial charge in [0.05, 0.1) is 11.4 Å². The van der Waals surface area contributed by atoms with Crippen molar-refractivity contribution >= 4 is 50.7 Å². The Bertz CT molecular complexity index is 1240. The van der Waals surface area contributed by atoms with E-state index in [9.17, 15) is 18.0 Å². The Morgan fingerprint density at radius 1 is 1.05 bits per heavy atom. The average Bonchev–Trinajstić information content (AvgIpc) is 3.34. The van der Waals surface area contributed by atoms with Crippen molar-refractivity contribution in [3.63, 3.8) is 0 Å². The van der Waals surface area contributed by atoms with Crippen LogP contribution in [-0.2, 0) is 26.2 Å². The summed E-state index contributed by atoms with van der Waals surface area (Å²) in [4.78, 5) is 28.2. The summed E-state index contributed by atoms with van der Waals surface area (Å²) >= 11 is 12.4. The van der Waals surface area contributed by atoms with Gasteiger partial charge in [0.15, 0.2) is 11.5 Å². The van der Waals surface area contributed by atoms with Crippen LogP contribution in [0.2, 0.25) is 10.0 Å². The molecule has 0 spiro atoms. The zero-order valence-electron chi connectivity index (χ0n) is 21.0. The van der Waals surface area contributed by atoms with Crippen LogP contribution in [0.25, 0.3) is 0 Å². The number of halogens is 2. The second kappa shape index (κ2) is 12.7. The van der Waals surface area contributed by atoms with Crippen LogP contribution in [0.1, 0.15) is 39.2 Å². The van der Waals surface area contributed by atoms with Crippen LogP contribution in [0, 0.1) is 0 Å². The number of fused-ring (bicyclic) bond motifs is 1. The van der Waals surface area contributed by atoms with Gasteiger partial charge in [0.25, 0.3) is 0 Å². The average molecular weight is 573 g/mol. The van der Waals surface area contributed by atoms with Crippen molar-refractivity contribution in [2.24, 2.45) is 0 Å². The molecule has 1 aliphatic heterocycles. The van der Waals surface area contributed by atoms with Gasteiger partial charge in [0.2, 0.25) is 28.6 Å². The summed E-state index contributed by atoms with van der Waals surface area (Å²) in [5, 5.41) is 3.60. The van der Waals surface area contributed by atoms with Crippen LogP contribution in [0.4, 0.5) is 5.69 Å². The molecule has 202 valence electrons. The molecule has 9 nitrogen and oxygen atoms in total. The fraction of sp³-hybridized carbons (Fsp3) is 0.440. The van der Waals surface area contributed by atoms with Crippen molar-refractivity contribution in [3.8, 4) is 11.5 Å². The fourth-order valence-corrected chi connectivity index (χ4v) is 5.40. The van der Waals surface area contributed by atoms with Gasteiger partial charge in [0.1, 0.15) is 12.6 Å². The van der Waals surface area contributed by atoms with Crippen molar-refractivity contribution in [2.75, 3.05) is 29.9 Å². The zero-order valence-corrected chi connectivity index (χ0v) is 23.3. The number of rotatable bonds is 12. The van der Waals surface area contributed by atoms with Crippen LogP contribution >= 0.6 is 23.2 Å². The first kappa shape index (κ1) is 28.9. The van der Waals surface area contributed by atoms with Gasteiger partial charge in [0, 0.05) is 29.2 Å². The van der Waals surface area contributed by atoms with Gasteiger partial charge in [-0.3, -0.25) is 13.9 Å². The van der Waals surface area contributed by atoms with E-state index in [0.717, 1.165) is 10.7 Å². The standard InChI is InChI=1S/C25H31Cl2N3O6S/c1-4-11-28-25(32)21(5-2)29(14-17-7-8-18(26)12-20(17)27)24(31)15-30(37(33,34)6-3)19-9-10-22-23(13-19)36-16-35-22/h7-10,12-13,21H,4-6,11,14-16H2,1-3H3,(H,28,32)/t21-/m1/s1. The predicted octanol–water partition coefficient (Wildman–Crippen LogP) is 4.21. The molecule has 0 unspecified atom stereocenters. The van der Waals surface area contributed by atoms with Gasteiger partial charge < -0.3 is 19.7 Å². The van der Waals surface area contributed by atoms with E-state index in [2.05, 4.69) is 5.32 Å². The fourth-order valence-electron chi connectivity index (χ4n) is 3.88. The van der Waals surface area contributed by atoms with E-state index in [1.807, 2.05) is 6.92 Å². The van der Waals surface area contributed by atoms with Crippen LogP contribution < -0.4 is 19.1 Å². The van der Waals surface area contributed by atoms with Crippen molar-refractivity contribution in [1.29, 1.82) is 0 Å². The lowest BCUT2D eigenvalue weighted by Gasteiger charge is -2.33. The van der Waals surface area contributed by atoms with Crippen molar-refractivity contribution in [2.45, 2.75) is 46.2 Å². The molecule has 0 radical (unpaired) electrons. The maximum Gasteiger partial charge on any atom is 0.244 e. The third-order valence-electron chi connectivity index (χ3n) is 5.91. The Balaban J connectivity index is 1.99. The molecule has 0 aliphatic carbocycles. The van der Waals surface area contributed by atoms with Gasteiger partial charge in [-0.2, -0.15) is 0 Å². The first-order chi connectivity index (χ1) is 17.6. The van der Waals surface area contributed by atoms with Gasteiger partial charge in [-0.05, 0) is 49.6 Å². The van der Waals surface area contributed by atoms with Crippen LogP contribution in [0.15, 0.2) is 36.4 Å². The van der Waals surface area contributed by atoms with E-state index in [0.29, 0.717) is 40.1 Å². The molecule has 1 heterocycles. The summed E-state index contributed by atoms with van der Waals surface area (Å²) in [5.74, 6) is -0.237. The third-order valence-corrected chi connectivity index (χ3v) is 8.24. The Morgan fingerprint density at radius 2 is 1.78 bits per heavy atom. The molecular weight excluding hydrogens is 541 g/mol. The highest BCUT2D eigenvalue weighted by Gasteiger charge is 2.33. The topological polar surface area (TPSA) is 105 Å². The predicted molar refractivity (Wildman–Crippen MR) is 144 cm³/mol. The molecule has 3 rings (SSSR count). The van der Waals surface area contributed by atoms with E-state index >= 15 is 0 Å². The number of benzene rings is 2. The molecule has 2 aromatic rings. The summed E-state index contributed by atoms with van der Waals surface area (Å²) < 4.78 is 37.9. The summed E-state index contributed by atoms with van der Waals surface area (Å²) in [6.45, 7) is 5.17. The molecule has 0 saturated carbocycles. The molecule has 2 aromatic carbocycles. The first-order valence-electron chi connectivity index (χ1n) is 12.0. The summed E-state index contributed by atoms with van der Waals surface area (Å²) in [6, 6.07) is 8.71. The summed E-state index contributed by atoms with van der Waals surface area (Å²) in [7, 11) is -3.87. The highest BCUT2D eigenvalue weighted by molar-refractivity contribution is 7.92. The molecule has 0 bridgehead atoms. The number of sulfonamides is 1. The largest absolute Gasteiger partial charge is 0.454 e. The number of nitrogens with one attached hydrogen (secondary N) is 1. The highest BCUT2D eigenvalue weighted by Crippen LogP contribution is 2.36. The van der Waals surface area contributed by atoms with Crippen LogP contribution in [0.3, 0.4) is 0 Å². The molecule has 0 fully saturated rings. The lowest BCUT2D eigenvalue weighted by Crippen LogP contribution is -2.52. The molecule has 1 atom stereocenters. The molecule has 37 heavy (non-hydrogen) atoms. The number of anilines is 1. The van der Waals surface area contributed by atoms with Crippen LogP contribution in [0.5, 0.6) is 11.5 Å². The lowest BCUT2D eigenvalue weighted by molar-refractivity contribution is -0.140. The van der Waals surface area contributed by atoms with Crippen molar-refractivity contribution < 1.29 is 27.5 Å². The number of amides is 2. The minimum atomic E-state index is -3.87. The number of carbonyl (C=O) groups excluding carboxylic acids is 2. The Hall–Kier alpha value is -2.69. The summed E-state index contributed by atoms with van der Waals surface area (Å²) in [6.07, 6.45) is 1.04. The smallest absolute Gasteiger partial charge is 0.244 e. The van der Waals surface area contributed by atoms with Gasteiger partial charge in [-0.1, -0.05) is 43.1 Å². The molecule has 0 aromatic heterocycles. The number of carbonyl (C=O) groups is 2. The Labute approximate surface area is 227 Å². The normalized spacial score (nSPS) is 13.2. The zero-order chi connectivity index (χ0) is 27.2. The first-order valence-corrected chi connectivity index (χ1v) is 14.4. The van der Waals surface area contributed by atoms with Gasteiger partial charge >= 0.3 is 0 Å². The molecule has 0 saturated heterocycles. The van der Waals surface area contributed by atoms with E-state index in [1.54, 1.807) is 37.3 Å². The minimum absolute atomic E-state index is 0.00591. The minimum Gasteiger partial charge on any atom is -0.454 e. The van der Waals surface area contributed by atoms with E-state index in [4.69, 9.17) is 32.7 Å².